The molecule has 1 heterocycles. The minimum Gasteiger partial charge on any atom is -0.481 e. The van der Waals surface area contributed by atoms with Gasteiger partial charge >= 0.3 is 5.97 Å². The zero-order valence-electron chi connectivity index (χ0n) is 11.8. The molecule has 0 amide bonds. The maximum atomic E-state index is 13.7. The molecular formula is C15H21FN2O2. The highest BCUT2D eigenvalue weighted by molar-refractivity contribution is 5.67. The summed E-state index contributed by atoms with van der Waals surface area (Å²) in [5, 5.41) is 8.93. The summed E-state index contributed by atoms with van der Waals surface area (Å²) in [7, 11) is 0. The van der Waals surface area contributed by atoms with Gasteiger partial charge in [0.25, 0.3) is 0 Å². The van der Waals surface area contributed by atoms with E-state index in [0.717, 1.165) is 32.6 Å². The number of aliphatic carboxylic acids is 1. The number of para-hydroxylation sites is 1. The van der Waals surface area contributed by atoms with E-state index < -0.39 is 5.97 Å². The second kappa shape index (κ2) is 6.70. The molecule has 1 atom stereocenters. The predicted octanol–water partition coefficient (Wildman–Crippen LogP) is 2.20. The van der Waals surface area contributed by atoms with Crippen molar-refractivity contribution in [3.8, 4) is 0 Å². The molecule has 1 unspecified atom stereocenters. The molecule has 0 bridgehead atoms. The van der Waals surface area contributed by atoms with Gasteiger partial charge in [-0.1, -0.05) is 19.1 Å². The fourth-order valence-electron chi connectivity index (χ4n) is 2.77. The number of carboxylic acids is 1. The Hall–Kier alpha value is -1.62. The minimum atomic E-state index is -0.756. The lowest BCUT2D eigenvalue weighted by Gasteiger charge is -2.39. The van der Waals surface area contributed by atoms with Crippen LogP contribution < -0.4 is 4.90 Å². The molecule has 1 aliphatic heterocycles. The molecule has 110 valence electrons. The first-order valence-electron chi connectivity index (χ1n) is 7.07. The molecule has 5 heteroatoms. The zero-order valence-corrected chi connectivity index (χ0v) is 11.8. The van der Waals surface area contributed by atoms with Crippen LogP contribution in [0.4, 0.5) is 10.1 Å². The topological polar surface area (TPSA) is 43.8 Å². The lowest BCUT2D eigenvalue weighted by Crippen LogP contribution is -2.51. The van der Waals surface area contributed by atoms with E-state index in [1.807, 2.05) is 17.9 Å². The molecule has 1 fully saturated rings. The Labute approximate surface area is 118 Å². The summed E-state index contributed by atoms with van der Waals surface area (Å²) in [4.78, 5) is 15.1. The fourth-order valence-corrected chi connectivity index (χ4v) is 2.77. The van der Waals surface area contributed by atoms with Crippen molar-refractivity contribution in [3.63, 3.8) is 0 Å². The van der Waals surface area contributed by atoms with E-state index in [0.29, 0.717) is 5.69 Å². The molecular weight excluding hydrogens is 259 g/mol. The van der Waals surface area contributed by atoms with E-state index in [4.69, 9.17) is 5.11 Å². The van der Waals surface area contributed by atoms with Gasteiger partial charge in [-0.25, -0.2) is 4.39 Å². The van der Waals surface area contributed by atoms with Crippen molar-refractivity contribution in [2.45, 2.75) is 25.8 Å². The number of rotatable bonds is 5. The first-order valence-corrected chi connectivity index (χ1v) is 7.07. The molecule has 1 aliphatic rings. The van der Waals surface area contributed by atoms with Gasteiger partial charge in [0.2, 0.25) is 0 Å². The molecule has 0 spiro atoms. The molecule has 20 heavy (non-hydrogen) atoms. The molecule has 1 N–H and O–H groups in total. The van der Waals surface area contributed by atoms with Crippen LogP contribution in [0.1, 0.15) is 19.8 Å². The number of hydrogen-bond donors (Lipinski definition) is 1. The average molecular weight is 280 g/mol. The molecule has 1 aromatic carbocycles. The molecule has 0 radical (unpaired) electrons. The number of hydrogen-bond acceptors (Lipinski definition) is 3. The molecule has 1 aromatic rings. The summed E-state index contributed by atoms with van der Waals surface area (Å²) in [6, 6.07) is 6.87. The van der Waals surface area contributed by atoms with Crippen LogP contribution in [-0.4, -0.2) is 48.2 Å². The van der Waals surface area contributed by atoms with Crippen LogP contribution in [0.25, 0.3) is 0 Å². The Morgan fingerprint density at radius 1 is 1.30 bits per heavy atom. The van der Waals surface area contributed by atoms with E-state index >= 15 is 0 Å². The molecule has 2 rings (SSSR count). The summed E-state index contributed by atoms with van der Waals surface area (Å²) in [6.45, 7) is 5.03. The second-order valence-electron chi connectivity index (χ2n) is 5.13. The van der Waals surface area contributed by atoms with Crippen LogP contribution in [0.3, 0.4) is 0 Å². The van der Waals surface area contributed by atoms with Crippen molar-refractivity contribution in [3.05, 3.63) is 30.1 Å². The summed E-state index contributed by atoms with van der Waals surface area (Å²) in [6.07, 6.45) is 1.00. The third kappa shape index (κ3) is 3.48. The zero-order chi connectivity index (χ0) is 14.5. The van der Waals surface area contributed by atoms with Gasteiger partial charge in [0.05, 0.1) is 12.1 Å². The number of piperazine rings is 1. The lowest BCUT2D eigenvalue weighted by molar-refractivity contribution is -0.138. The fraction of sp³-hybridized carbons (Fsp3) is 0.533. The lowest BCUT2D eigenvalue weighted by atomic mass is 10.1. The van der Waals surface area contributed by atoms with E-state index in [2.05, 4.69) is 4.90 Å². The minimum absolute atomic E-state index is 0.0790. The maximum Gasteiger partial charge on any atom is 0.304 e. The highest BCUT2D eigenvalue weighted by Crippen LogP contribution is 2.21. The first kappa shape index (κ1) is 14.8. The Morgan fingerprint density at radius 3 is 2.50 bits per heavy atom. The van der Waals surface area contributed by atoms with Crippen molar-refractivity contribution in [1.82, 2.24) is 4.90 Å². The number of carbonyl (C=O) groups is 1. The van der Waals surface area contributed by atoms with Crippen LogP contribution >= 0.6 is 0 Å². The second-order valence-corrected chi connectivity index (χ2v) is 5.13. The molecule has 0 saturated carbocycles. The Bertz CT molecular complexity index is 459. The van der Waals surface area contributed by atoms with Gasteiger partial charge in [-0.15, -0.1) is 0 Å². The Kier molecular flexibility index (Phi) is 4.95. The normalized spacial score (nSPS) is 18.0. The van der Waals surface area contributed by atoms with Crippen LogP contribution in [0.2, 0.25) is 0 Å². The van der Waals surface area contributed by atoms with E-state index in [9.17, 15) is 9.18 Å². The highest BCUT2D eigenvalue weighted by atomic mass is 19.1. The number of anilines is 1. The molecule has 4 nitrogen and oxygen atoms in total. The largest absolute Gasteiger partial charge is 0.481 e. The van der Waals surface area contributed by atoms with Crippen LogP contribution in [0.5, 0.6) is 0 Å². The van der Waals surface area contributed by atoms with Crippen molar-refractivity contribution in [2.75, 3.05) is 31.1 Å². The monoisotopic (exact) mass is 280 g/mol. The predicted molar refractivity (Wildman–Crippen MR) is 76.5 cm³/mol. The summed E-state index contributed by atoms with van der Waals surface area (Å²) < 4.78 is 13.7. The van der Waals surface area contributed by atoms with Gasteiger partial charge in [0.15, 0.2) is 0 Å². The summed E-state index contributed by atoms with van der Waals surface area (Å²) in [5.41, 5.74) is 0.637. The van der Waals surface area contributed by atoms with Crippen molar-refractivity contribution in [1.29, 1.82) is 0 Å². The quantitative estimate of drug-likeness (QED) is 0.898. The Morgan fingerprint density at radius 2 is 1.95 bits per heavy atom. The van der Waals surface area contributed by atoms with Gasteiger partial charge in [0.1, 0.15) is 5.82 Å². The van der Waals surface area contributed by atoms with Gasteiger partial charge in [-0.2, -0.15) is 0 Å². The van der Waals surface area contributed by atoms with Crippen LogP contribution in [0.15, 0.2) is 24.3 Å². The number of halogens is 1. The smallest absolute Gasteiger partial charge is 0.304 e. The van der Waals surface area contributed by atoms with Crippen LogP contribution in [0, 0.1) is 5.82 Å². The van der Waals surface area contributed by atoms with Crippen LogP contribution in [-0.2, 0) is 4.79 Å². The van der Waals surface area contributed by atoms with Gasteiger partial charge < -0.3 is 10.0 Å². The average Bonchev–Trinajstić information content (AvgIpc) is 2.45. The van der Waals surface area contributed by atoms with Crippen molar-refractivity contribution in [2.24, 2.45) is 0 Å². The SMILES string of the molecule is CCC(CC(=O)O)N1CCN(c2ccccc2F)CC1. The van der Waals surface area contributed by atoms with Crippen molar-refractivity contribution >= 4 is 11.7 Å². The van der Waals surface area contributed by atoms with Gasteiger partial charge in [-0.05, 0) is 18.6 Å². The maximum absolute atomic E-state index is 13.7. The first-order chi connectivity index (χ1) is 9.61. The molecule has 0 aromatic heterocycles. The van der Waals surface area contributed by atoms with E-state index in [1.165, 1.54) is 6.07 Å². The Balaban J connectivity index is 1.95. The third-order valence-corrected chi connectivity index (χ3v) is 3.91. The molecule has 0 aliphatic carbocycles. The summed E-state index contributed by atoms with van der Waals surface area (Å²) >= 11 is 0. The number of nitrogens with zero attached hydrogens (tertiary/aromatic N) is 2. The summed E-state index contributed by atoms with van der Waals surface area (Å²) in [5.74, 6) is -0.952. The number of benzene rings is 1. The van der Waals surface area contributed by atoms with Gasteiger partial charge in [0, 0.05) is 32.2 Å². The molecule has 1 saturated heterocycles. The highest BCUT2D eigenvalue weighted by Gasteiger charge is 2.25. The number of carboxylic acid groups (broad SMARTS) is 1. The van der Waals surface area contributed by atoms with Crippen molar-refractivity contribution < 1.29 is 14.3 Å². The van der Waals surface area contributed by atoms with E-state index in [1.54, 1.807) is 12.1 Å². The third-order valence-electron chi connectivity index (χ3n) is 3.91. The van der Waals surface area contributed by atoms with E-state index in [-0.39, 0.29) is 18.3 Å². The standard InChI is InChI=1S/C15H21FN2O2/c1-2-12(11-15(19)20)17-7-9-18(10-8-17)14-6-4-3-5-13(14)16/h3-6,12H,2,7-11H2,1H3,(H,19,20). The van der Waals surface area contributed by atoms with Gasteiger partial charge in [-0.3, -0.25) is 9.69 Å².